The molecule has 0 aromatic rings. The van der Waals surface area contributed by atoms with Gasteiger partial charge >= 0.3 is 5.97 Å². The molecule has 13 heavy (non-hydrogen) atoms. The van der Waals surface area contributed by atoms with Crippen LogP contribution < -0.4 is 0 Å². The van der Waals surface area contributed by atoms with Crippen molar-refractivity contribution in [2.24, 2.45) is 0 Å². The molecule has 0 saturated carbocycles. The van der Waals surface area contributed by atoms with Gasteiger partial charge in [-0.3, -0.25) is 4.79 Å². The molecule has 72 valence electrons. The van der Waals surface area contributed by atoms with E-state index < -0.39 is 5.97 Å². The Bertz CT molecular complexity index is 230. The smallest absolute Gasteiger partial charge is 0.328 e. The van der Waals surface area contributed by atoms with Crippen LogP contribution in [0.2, 0.25) is 0 Å². The Balaban J connectivity index is 2.41. The normalized spacial score (nSPS) is 17.7. The molecule has 0 atom stereocenters. The maximum atomic E-state index is 11.2. The number of hydrogen-bond donors (Lipinski definition) is 1. The molecule has 1 heterocycles. The van der Waals surface area contributed by atoms with E-state index >= 15 is 0 Å². The first-order chi connectivity index (χ1) is 6.20. The summed E-state index contributed by atoms with van der Waals surface area (Å²) in [5.41, 5.74) is 0. The van der Waals surface area contributed by atoms with Gasteiger partial charge in [0.25, 0.3) is 0 Å². The van der Waals surface area contributed by atoms with Crippen molar-refractivity contribution in [3.05, 3.63) is 12.2 Å². The third kappa shape index (κ3) is 3.25. The maximum Gasteiger partial charge on any atom is 0.328 e. The zero-order chi connectivity index (χ0) is 9.68. The number of carboxylic acids is 1. The lowest BCUT2D eigenvalue weighted by Crippen LogP contribution is -2.39. The number of carbonyl (C=O) groups is 2. The summed E-state index contributed by atoms with van der Waals surface area (Å²) >= 11 is 0. The number of aliphatic carboxylic acids is 1. The van der Waals surface area contributed by atoms with Gasteiger partial charge in [-0.05, 0) is 0 Å². The Morgan fingerprint density at radius 1 is 1.23 bits per heavy atom. The van der Waals surface area contributed by atoms with E-state index in [2.05, 4.69) is 0 Å². The number of carbonyl (C=O) groups excluding carboxylic acids is 1. The number of amides is 1. The van der Waals surface area contributed by atoms with Crippen LogP contribution in [-0.4, -0.2) is 48.2 Å². The lowest BCUT2D eigenvalue weighted by Gasteiger charge is -2.25. The Hall–Kier alpha value is -1.36. The fourth-order valence-corrected chi connectivity index (χ4v) is 1.03. The molecule has 5 nitrogen and oxygen atoms in total. The molecule has 0 aromatic carbocycles. The van der Waals surface area contributed by atoms with Gasteiger partial charge in [-0.25, -0.2) is 4.79 Å². The highest BCUT2D eigenvalue weighted by Gasteiger charge is 2.13. The largest absolute Gasteiger partial charge is 0.478 e. The number of morpholine rings is 1. The predicted molar refractivity (Wildman–Crippen MR) is 44.2 cm³/mol. The standard InChI is InChI=1S/C8H11NO4/c10-7(1-2-8(11)12)9-3-5-13-6-4-9/h1-2H,3-6H2,(H,11,12)/b2-1+. The van der Waals surface area contributed by atoms with Gasteiger partial charge in [0, 0.05) is 25.2 Å². The van der Waals surface area contributed by atoms with E-state index in [4.69, 9.17) is 9.84 Å². The third-order valence-corrected chi connectivity index (χ3v) is 1.69. The number of rotatable bonds is 2. The van der Waals surface area contributed by atoms with E-state index in [9.17, 15) is 9.59 Å². The molecule has 1 fully saturated rings. The first kappa shape index (κ1) is 9.73. The van der Waals surface area contributed by atoms with Gasteiger partial charge in [0.15, 0.2) is 0 Å². The first-order valence-corrected chi connectivity index (χ1v) is 3.98. The summed E-state index contributed by atoms with van der Waals surface area (Å²) in [6.07, 6.45) is 1.91. The Morgan fingerprint density at radius 3 is 2.38 bits per heavy atom. The molecule has 1 aliphatic heterocycles. The van der Waals surface area contributed by atoms with Crippen molar-refractivity contribution in [1.29, 1.82) is 0 Å². The van der Waals surface area contributed by atoms with Crippen molar-refractivity contribution in [3.63, 3.8) is 0 Å². The molecule has 0 radical (unpaired) electrons. The highest BCUT2D eigenvalue weighted by Crippen LogP contribution is 1.97. The second-order valence-electron chi connectivity index (χ2n) is 2.61. The average molecular weight is 185 g/mol. The summed E-state index contributed by atoms with van der Waals surface area (Å²) in [5.74, 6) is -1.38. The zero-order valence-electron chi connectivity index (χ0n) is 7.10. The Labute approximate surface area is 75.6 Å². The second kappa shape index (κ2) is 4.61. The van der Waals surface area contributed by atoms with Crippen molar-refractivity contribution >= 4 is 11.9 Å². The third-order valence-electron chi connectivity index (χ3n) is 1.69. The van der Waals surface area contributed by atoms with E-state index in [1.807, 2.05) is 0 Å². The van der Waals surface area contributed by atoms with Gasteiger partial charge in [0.05, 0.1) is 13.2 Å². The van der Waals surface area contributed by atoms with Crippen molar-refractivity contribution in [3.8, 4) is 0 Å². The van der Waals surface area contributed by atoms with Gasteiger partial charge in [0.1, 0.15) is 0 Å². The fraction of sp³-hybridized carbons (Fsp3) is 0.500. The molecule has 0 aromatic heterocycles. The van der Waals surface area contributed by atoms with Crippen molar-refractivity contribution < 1.29 is 19.4 Å². The maximum absolute atomic E-state index is 11.2. The second-order valence-corrected chi connectivity index (χ2v) is 2.61. The molecule has 1 N–H and O–H groups in total. The average Bonchev–Trinajstić information content (AvgIpc) is 2.15. The van der Waals surface area contributed by atoms with Gasteiger partial charge in [-0.15, -0.1) is 0 Å². The lowest BCUT2D eigenvalue weighted by atomic mass is 10.3. The molecular formula is C8H11NO4. The van der Waals surface area contributed by atoms with Crippen molar-refractivity contribution in [2.45, 2.75) is 0 Å². The molecule has 1 rings (SSSR count). The van der Waals surface area contributed by atoms with Gasteiger partial charge in [-0.2, -0.15) is 0 Å². The number of hydrogen-bond acceptors (Lipinski definition) is 3. The molecule has 0 aliphatic carbocycles. The zero-order valence-corrected chi connectivity index (χ0v) is 7.10. The van der Waals surface area contributed by atoms with E-state index in [0.717, 1.165) is 12.2 Å². The van der Waals surface area contributed by atoms with Gasteiger partial charge in [0.2, 0.25) is 5.91 Å². The van der Waals surface area contributed by atoms with Crippen LogP contribution in [0, 0.1) is 0 Å². The minimum Gasteiger partial charge on any atom is -0.478 e. The molecule has 1 saturated heterocycles. The molecule has 5 heteroatoms. The molecular weight excluding hydrogens is 174 g/mol. The monoisotopic (exact) mass is 185 g/mol. The van der Waals surface area contributed by atoms with Crippen LogP contribution in [0.1, 0.15) is 0 Å². The topological polar surface area (TPSA) is 66.8 Å². The van der Waals surface area contributed by atoms with Gasteiger partial charge in [-0.1, -0.05) is 0 Å². The highest BCUT2D eigenvalue weighted by atomic mass is 16.5. The summed E-state index contributed by atoms with van der Waals surface area (Å²) in [7, 11) is 0. The molecule has 1 aliphatic rings. The summed E-state index contributed by atoms with van der Waals surface area (Å²) in [6.45, 7) is 2.10. The predicted octanol–water partition coefficient (Wildman–Crippen LogP) is -0.514. The number of carboxylic acid groups (broad SMARTS) is 1. The van der Waals surface area contributed by atoms with Crippen LogP contribution >= 0.6 is 0 Å². The van der Waals surface area contributed by atoms with Crippen LogP contribution in [0.25, 0.3) is 0 Å². The van der Waals surface area contributed by atoms with E-state index in [0.29, 0.717) is 26.3 Å². The summed E-state index contributed by atoms with van der Waals surface area (Å²) in [4.78, 5) is 22.9. The SMILES string of the molecule is O=C(O)/C=C/C(=O)N1CCOCC1. The molecule has 0 unspecified atom stereocenters. The highest BCUT2D eigenvalue weighted by molar-refractivity contribution is 5.93. The van der Waals surface area contributed by atoms with E-state index in [-0.39, 0.29) is 5.91 Å². The van der Waals surface area contributed by atoms with E-state index in [1.165, 1.54) is 0 Å². The van der Waals surface area contributed by atoms with Crippen molar-refractivity contribution in [2.75, 3.05) is 26.3 Å². The van der Waals surface area contributed by atoms with Crippen molar-refractivity contribution in [1.82, 2.24) is 4.90 Å². The molecule has 0 spiro atoms. The minimum atomic E-state index is -1.11. The Morgan fingerprint density at radius 2 is 1.85 bits per heavy atom. The fourth-order valence-electron chi connectivity index (χ4n) is 1.03. The van der Waals surface area contributed by atoms with Crippen LogP contribution in [0.4, 0.5) is 0 Å². The molecule has 0 bridgehead atoms. The minimum absolute atomic E-state index is 0.272. The van der Waals surface area contributed by atoms with Crippen LogP contribution in [0.15, 0.2) is 12.2 Å². The quantitative estimate of drug-likeness (QED) is 0.588. The van der Waals surface area contributed by atoms with Gasteiger partial charge < -0.3 is 14.7 Å². The first-order valence-electron chi connectivity index (χ1n) is 3.98. The number of ether oxygens (including phenoxy) is 1. The number of nitrogens with zero attached hydrogens (tertiary/aromatic N) is 1. The Kier molecular flexibility index (Phi) is 3.45. The van der Waals surface area contributed by atoms with Crippen LogP contribution in [0.5, 0.6) is 0 Å². The van der Waals surface area contributed by atoms with E-state index in [1.54, 1.807) is 4.90 Å². The molecule has 1 amide bonds. The van der Waals surface area contributed by atoms with Crippen LogP contribution in [-0.2, 0) is 14.3 Å². The summed E-state index contributed by atoms with van der Waals surface area (Å²) in [5, 5.41) is 8.28. The van der Waals surface area contributed by atoms with Crippen LogP contribution in [0.3, 0.4) is 0 Å². The lowest BCUT2D eigenvalue weighted by molar-refractivity contribution is -0.133. The summed E-state index contributed by atoms with van der Waals surface area (Å²) < 4.78 is 5.04. The summed E-state index contributed by atoms with van der Waals surface area (Å²) in [6, 6.07) is 0.